The minimum Gasteiger partial charge on any atom is -0.464 e. The van der Waals surface area contributed by atoms with Gasteiger partial charge in [-0.15, -0.1) is 24.8 Å². The molecule has 0 aromatic carbocycles. The summed E-state index contributed by atoms with van der Waals surface area (Å²) >= 11 is 0. The summed E-state index contributed by atoms with van der Waals surface area (Å²) < 4.78 is 18.8. The van der Waals surface area contributed by atoms with Crippen LogP contribution in [0.4, 0.5) is 4.39 Å². The lowest BCUT2D eigenvalue weighted by molar-refractivity contribution is 0.129. The molecule has 0 bridgehead atoms. The van der Waals surface area contributed by atoms with Crippen LogP contribution in [-0.2, 0) is 0 Å². The van der Waals surface area contributed by atoms with Crippen molar-refractivity contribution in [1.29, 1.82) is 0 Å². The highest BCUT2D eigenvalue weighted by molar-refractivity contribution is 5.85. The van der Waals surface area contributed by atoms with Crippen molar-refractivity contribution in [2.45, 2.75) is 19.9 Å². The number of hydrogen-bond donors (Lipinski definition) is 1. The average Bonchev–Trinajstić information content (AvgIpc) is 2.61. The zero-order valence-corrected chi connectivity index (χ0v) is 12.4. The van der Waals surface area contributed by atoms with Crippen LogP contribution < -0.4 is 5.32 Å². The van der Waals surface area contributed by atoms with E-state index in [2.05, 4.69) is 10.2 Å². The summed E-state index contributed by atoms with van der Waals surface area (Å²) in [5.74, 6) is 1.66. The van der Waals surface area contributed by atoms with E-state index >= 15 is 0 Å². The molecule has 1 N–H and O–H groups in total. The highest BCUT2D eigenvalue weighted by atomic mass is 35.5. The molecule has 1 aliphatic rings. The van der Waals surface area contributed by atoms with Gasteiger partial charge >= 0.3 is 0 Å². The van der Waals surface area contributed by atoms with E-state index in [1.165, 1.54) is 0 Å². The van der Waals surface area contributed by atoms with Gasteiger partial charge in [0.2, 0.25) is 0 Å². The fourth-order valence-corrected chi connectivity index (χ4v) is 2.11. The van der Waals surface area contributed by atoms with Crippen molar-refractivity contribution in [2.75, 3.05) is 32.9 Å². The van der Waals surface area contributed by atoms with Crippen molar-refractivity contribution < 1.29 is 8.81 Å². The van der Waals surface area contributed by atoms with Crippen LogP contribution in [0.1, 0.15) is 23.1 Å². The fourth-order valence-electron chi connectivity index (χ4n) is 2.11. The van der Waals surface area contributed by atoms with E-state index in [-0.39, 0.29) is 37.5 Å². The first-order valence-electron chi connectivity index (χ1n) is 5.80. The van der Waals surface area contributed by atoms with Gasteiger partial charge in [-0.05, 0) is 25.5 Å². The Kier molecular flexibility index (Phi) is 7.87. The monoisotopic (exact) mass is 298 g/mol. The molecule has 0 saturated carbocycles. The molecule has 1 fully saturated rings. The van der Waals surface area contributed by atoms with Crippen LogP contribution in [0.3, 0.4) is 0 Å². The van der Waals surface area contributed by atoms with Crippen LogP contribution in [-0.4, -0.2) is 37.8 Å². The quantitative estimate of drug-likeness (QED) is 0.930. The third kappa shape index (κ3) is 3.85. The van der Waals surface area contributed by atoms with Gasteiger partial charge in [-0.1, -0.05) is 0 Å². The second-order valence-electron chi connectivity index (χ2n) is 4.34. The molecule has 2 rings (SSSR count). The maximum Gasteiger partial charge on any atom is 0.124 e. The Morgan fingerprint density at radius 3 is 2.39 bits per heavy atom. The summed E-state index contributed by atoms with van der Waals surface area (Å²) in [6.45, 7) is 7.15. The number of nitrogens with zero attached hydrogens (tertiary/aromatic N) is 1. The number of rotatable bonds is 3. The predicted octanol–water partition coefficient (Wildman–Crippen LogP) is 2.66. The number of nitrogens with one attached hydrogen (secondary N) is 1. The first-order chi connectivity index (χ1) is 7.72. The van der Waals surface area contributed by atoms with E-state index in [1.807, 2.05) is 19.9 Å². The van der Waals surface area contributed by atoms with E-state index in [4.69, 9.17) is 4.42 Å². The average molecular weight is 299 g/mol. The van der Waals surface area contributed by atoms with Crippen LogP contribution in [0.25, 0.3) is 0 Å². The summed E-state index contributed by atoms with van der Waals surface area (Å²) in [6.07, 6.45) is 0. The number of alkyl halides is 1. The first kappa shape index (κ1) is 17.7. The molecule has 0 radical (unpaired) electrons. The van der Waals surface area contributed by atoms with E-state index < -0.39 is 0 Å². The van der Waals surface area contributed by atoms with Crippen LogP contribution in [0.15, 0.2) is 10.5 Å². The summed E-state index contributed by atoms with van der Waals surface area (Å²) in [5.41, 5.74) is 1.10. The highest BCUT2D eigenvalue weighted by Crippen LogP contribution is 2.25. The molecule has 1 saturated heterocycles. The molecule has 1 atom stereocenters. The van der Waals surface area contributed by atoms with E-state index in [0.717, 1.165) is 43.3 Å². The van der Waals surface area contributed by atoms with Crippen molar-refractivity contribution in [3.63, 3.8) is 0 Å². The predicted molar refractivity (Wildman–Crippen MR) is 75.8 cm³/mol. The third-order valence-electron chi connectivity index (χ3n) is 3.25. The molecule has 106 valence electrons. The molecule has 6 heteroatoms. The third-order valence-corrected chi connectivity index (χ3v) is 3.25. The molecule has 2 heterocycles. The Balaban J connectivity index is 0.00000144. The molecule has 0 spiro atoms. The van der Waals surface area contributed by atoms with Crippen molar-refractivity contribution >= 4 is 24.8 Å². The molecular formula is C12H21Cl2FN2O. The molecule has 18 heavy (non-hydrogen) atoms. The zero-order valence-electron chi connectivity index (χ0n) is 10.7. The van der Waals surface area contributed by atoms with E-state index in [0.29, 0.717) is 0 Å². The summed E-state index contributed by atoms with van der Waals surface area (Å²) in [5, 5.41) is 3.27. The molecule has 3 nitrogen and oxygen atoms in total. The minimum atomic E-state index is -0.383. The maximum atomic E-state index is 13.1. The molecular weight excluding hydrogens is 278 g/mol. The lowest BCUT2D eigenvalue weighted by atomic mass is 10.1. The van der Waals surface area contributed by atoms with Gasteiger partial charge in [0.1, 0.15) is 18.2 Å². The normalized spacial score (nSPS) is 17.7. The van der Waals surface area contributed by atoms with Gasteiger partial charge in [0, 0.05) is 26.2 Å². The van der Waals surface area contributed by atoms with Crippen molar-refractivity contribution in [1.82, 2.24) is 10.2 Å². The van der Waals surface area contributed by atoms with Crippen LogP contribution in [0.5, 0.6) is 0 Å². The van der Waals surface area contributed by atoms with Crippen molar-refractivity contribution in [2.24, 2.45) is 0 Å². The number of piperazine rings is 1. The van der Waals surface area contributed by atoms with Crippen LogP contribution >= 0.6 is 24.8 Å². The molecule has 1 aromatic rings. The standard InChI is InChI=1S/C12H19FN2O.2ClH/c1-9-7-12(16-10(9)2)11(8-13)15-5-3-14-4-6-15;;/h7,11,14H,3-6,8H2,1-2H3;2*1H/t11-;;/m0../s1. The SMILES string of the molecule is Cc1cc([C@H](CF)N2CCNCC2)oc1C.Cl.Cl. The molecule has 0 unspecified atom stereocenters. The van der Waals surface area contributed by atoms with Gasteiger partial charge in [-0.3, -0.25) is 4.90 Å². The Labute approximate surface area is 120 Å². The van der Waals surface area contributed by atoms with Crippen LogP contribution in [0.2, 0.25) is 0 Å². The Morgan fingerprint density at radius 1 is 1.33 bits per heavy atom. The van der Waals surface area contributed by atoms with Gasteiger partial charge in [0.25, 0.3) is 0 Å². The summed E-state index contributed by atoms with van der Waals surface area (Å²) in [4.78, 5) is 2.15. The van der Waals surface area contributed by atoms with Gasteiger partial charge in [-0.2, -0.15) is 0 Å². The maximum absolute atomic E-state index is 13.1. The smallest absolute Gasteiger partial charge is 0.124 e. The van der Waals surface area contributed by atoms with E-state index in [1.54, 1.807) is 0 Å². The molecule has 1 aromatic heterocycles. The fraction of sp³-hybridized carbons (Fsp3) is 0.667. The van der Waals surface area contributed by atoms with Crippen molar-refractivity contribution in [3.8, 4) is 0 Å². The lowest BCUT2D eigenvalue weighted by Gasteiger charge is -2.32. The molecule has 0 amide bonds. The first-order valence-corrected chi connectivity index (χ1v) is 5.80. The second kappa shape index (κ2) is 8.00. The van der Waals surface area contributed by atoms with E-state index in [9.17, 15) is 4.39 Å². The molecule has 1 aliphatic heterocycles. The summed E-state index contributed by atoms with van der Waals surface area (Å²) in [6, 6.07) is 1.75. The van der Waals surface area contributed by atoms with Gasteiger partial charge in [0.15, 0.2) is 0 Å². The number of halogens is 3. The largest absolute Gasteiger partial charge is 0.464 e. The van der Waals surface area contributed by atoms with Crippen LogP contribution in [0, 0.1) is 13.8 Å². The minimum absolute atomic E-state index is 0. The van der Waals surface area contributed by atoms with Crippen molar-refractivity contribution in [3.05, 3.63) is 23.2 Å². The highest BCUT2D eigenvalue weighted by Gasteiger charge is 2.25. The Morgan fingerprint density at radius 2 is 1.94 bits per heavy atom. The lowest BCUT2D eigenvalue weighted by Crippen LogP contribution is -2.45. The Hall–Kier alpha value is -0.290. The van der Waals surface area contributed by atoms with Gasteiger partial charge in [0.05, 0.1) is 6.04 Å². The topological polar surface area (TPSA) is 28.4 Å². The number of aryl methyl sites for hydroxylation is 2. The second-order valence-corrected chi connectivity index (χ2v) is 4.34. The summed E-state index contributed by atoms with van der Waals surface area (Å²) in [7, 11) is 0. The zero-order chi connectivity index (χ0) is 11.5. The number of furan rings is 1. The number of hydrogen-bond acceptors (Lipinski definition) is 3. The van der Waals surface area contributed by atoms with Gasteiger partial charge < -0.3 is 9.73 Å². The molecule has 0 aliphatic carbocycles. The Bertz CT molecular complexity index is 334. The van der Waals surface area contributed by atoms with Gasteiger partial charge in [-0.25, -0.2) is 4.39 Å².